The Kier molecular flexibility index (Phi) is 3.36. The molecule has 1 aromatic carbocycles. The number of hydrogen-bond acceptors (Lipinski definition) is 5. The van der Waals surface area contributed by atoms with Gasteiger partial charge in [-0.15, -0.1) is 0 Å². The van der Waals surface area contributed by atoms with Crippen LogP contribution in [0, 0.1) is 5.92 Å². The van der Waals surface area contributed by atoms with Crippen molar-refractivity contribution in [2.24, 2.45) is 11.7 Å². The van der Waals surface area contributed by atoms with Crippen molar-refractivity contribution in [3.05, 3.63) is 48.2 Å². The number of nitrogens with one attached hydrogen (secondary N) is 1. The number of carbonyl (C=O) groups excluding carboxylic acids is 1. The number of para-hydroxylation sites is 1. The number of anilines is 2. The van der Waals surface area contributed by atoms with E-state index in [2.05, 4.69) is 14.9 Å². The molecule has 0 saturated carbocycles. The number of ether oxygens (including phenoxy) is 2. The lowest BCUT2D eigenvalue weighted by Gasteiger charge is -2.27. The van der Waals surface area contributed by atoms with Crippen molar-refractivity contribution in [1.29, 1.82) is 0 Å². The second-order valence-corrected chi connectivity index (χ2v) is 6.67. The number of nitrogens with two attached hydrogens (primary N) is 1. The van der Waals surface area contributed by atoms with Crippen LogP contribution < -0.4 is 15.4 Å². The number of rotatable bonds is 2. The van der Waals surface area contributed by atoms with Crippen LogP contribution in [0.15, 0.2) is 42.6 Å². The number of fused-ring (bicyclic) bond motifs is 3. The molecule has 3 N–H and O–H groups in total. The zero-order valence-electron chi connectivity index (χ0n) is 14.0. The van der Waals surface area contributed by atoms with Crippen molar-refractivity contribution in [2.75, 3.05) is 24.7 Å². The third-order valence-corrected chi connectivity index (χ3v) is 5.05. The minimum atomic E-state index is -0.456. The molecule has 26 heavy (non-hydrogen) atoms. The number of primary amides is 1. The van der Waals surface area contributed by atoms with Crippen LogP contribution >= 0.6 is 0 Å². The standard InChI is InChI=1S/C19H18N4O3/c20-17(24)13-3-1-2-4-14(13)23-8-12-9-25-10-16(12)26-19-15(23)7-11-5-6-21-18(11)22-19/h1-7,12,16H,8-10H2,(H2,20,24)(H,21,22)/t12-,16+/m1/s1. The number of pyridine rings is 1. The number of benzene rings is 1. The van der Waals surface area contributed by atoms with Crippen molar-refractivity contribution in [1.82, 2.24) is 9.97 Å². The average Bonchev–Trinajstić information content (AvgIpc) is 3.25. The molecule has 1 amide bonds. The maximum Gasteiger partial charge on any atom is 0.250 e. The first-order valence-corrected chi connectivity index (χ1v) is 8.59. The monoisotopic (exact) mass is 350 g/mol. The Morgan fingerprint density at radius 3 is 3.00 bits per heavy atom. The van der Waals surface area contributed by atoms with E-state index in [1.54, 1.807) is 6.07 Å². The SMILES string of the molecule is NC(=O)c1ccccc1N1C[C@@H]2COC[C@@H]2Oc2nc3[nH]ccc3cc21. The molecular formula is C19H18N4O3. The summed E-state index contributed by atoms with van der Waals surface area (Å²) in [7, 11) is 0. The topological polar surface area (TPSA) is 93.5 Å². The maximum atomic E-state index is 12.0. The summed E-state index contributed by atoms with van der Waals surface area (Å²) in [5, 5.41) is 0.984. The molecule has 2 aliphatic heterocycles. The predicted molar refractivity (Wildman–Crippen MR) is 96.8 cm³/mol. The molecule has 4 heterocycles. The highest BCUT2D eigenvalue weighted by molar-refractivity contribution is 6.00. The van der Waals surface area contributed by atoms with E-state index in [0.717, 1.165) is 22.4 Å². The molecule has 1 fully saturated rings. The number of nitrogens with zero attached hydrogens (tertiary/aromatic N) is 2. The van der Waals surface area contributed by atoms with Gasteiger partial charge in [0, 0.05) is 24.0 Å². The third-order valence-electron chi connectivity index (χ3n) is 5.05. The normalized spacial score (nSPS) is 21.8. The van der Waals surface area contributed by atoms with E-state index in [1.807, 2.05) is 36.5 Å². The van der Waals surface area contributed by atoms with E-state index in [1.165, 1.54) is 0 Å². The van der Waals surface area contributed by atoms with Crippen LogP contribution in [0.25, 0.3) is 11.0 Å². The van der Waals surface area contributed by atoms with E-state index in [4.69, 9.17) is 15.2 Å². The maximum absolute atomic E-state index is 12.0. The van der Waals surface area contributed by atoms with E-state index >= 15 is 0 Å². The highest BCUT2D eigenvalue weighted by atomic mass is 16.6. The summed E-state index contributed by atoms with van der Waals surface area (Å²) in [6.07, 6.45) is 1.79. The van der Waals surface area contributed by atoms with Gasteiger partial charge in [-0.05, 0) is 24.3 Å². The molecule has 2 aromatic heterocycles. The van der Waals surface area contributed by atoms with Crippen molar-refractivity contribution in [2.45, 2.75) is 6.10 Å². The van der Waals surface area contributed by atoms with Crippen molar-refractivity contribution >= 4 is 28.3 Å². The Bertz CT molecular complexity index is 999. The van der Waals surface area contributed by atoms with Crippen molar-refractivity contribution < 1.29 is 14.3 Å². The summed E-state index contributed by atoms with van der Waals surface area (Å²) in [6.45, 7) is 1.82. The highest BCUT2D eigenvalue weighted by Gasteiger charge is 2.37. The fourth-order valence-corrected chi connectivity index (χ4v) is 3.74. The number of aromatic nitrogens is 2. The van der Waals surface area contributed by atoms with E-state index in [-0.39, 0.29) is 12.0 Å². The van der Waals surface area contributed by atoms with Crippen LogP contribution in [-0.2, 0) is 4.74 Å². The van der Waals surface area contributed by atoms with Gasteiger partial charge in [-0.2, -0.15) is 4.98 Å². The fourth-order valence-electron chi connectivity index (χ4n) is 3.74. The summed E-state index contributed by atoms with van der Waals surface area (Å²) < 4.78 is 11.8. The summed E-state index contributed by atoms with van der Waals surface area (Å²) in [4.78, 5) is 21.8. The molecule has 7 nitrogen and oxygen atoms in total. The van der Waals surface area contributed by atoms with E-state index in [0.29, 0.717) is 31.2 Å². The smallest absolute Gasteiger partial charge is 0.250 e. The summed E-state index contributed by atoms with van der Waals surface area (Å²) >= 11 is 0. The molecule has 0 spiro atoms. The van der Waals surface area contributed by atoms with Crippen LogP contribution in [-0.4, -0.2) is 41.7 Å². The molecule has 3 aromatic rings. The Morgan fingerprint density at radius 1 is 1.23 bits per heavy atom. The Morgan fingerprint density at radius 2 is 2.12 bits per heavy atom. The molecule has 2 atom stereocenters. The van der Waals surface area contributed by atoms with Gasteiger partial charge >= 0.3 is 0 Å². The Labute approximate surface area is 149 Å². The first-order valence-electron chi connectivity index (χ1n) is 8.59. The number of hydrogen-bond donors (Lipinski definition) is 2. The first kappa shape index (κ1) is 15.2. The number of carbonyl (C=O) groups is 1. The zero-order valence-corrected chi connectivity index (χ0v) is 14.0. The van der Waals surface area contributed by atoms with Gasteiger partial charge in [-0.25, -0.2) is 0 Å². The van der Waals surface area contributed by atoms with Crippen LogP contribution in [0.4, 0.5) is 11.4 Å². The van der Waals surface area contributed by atoms with Gasteiger partial charge in [-0.1, -0.05) is 12.1 Å². The average molecular weight is 350 g/mol. The lowest BCUT2D eigenvalue weighted by Crippen LogP contribution is -2.32. The number of aromatic amines is 1. The quantitative estimate of drug-likeness (QED) is 0.739. The molecule has 0 bridgehead atoms. The van der Waals surface area contributed by atoms with Crippen LogP contribution in [0.2, 0.25) is 0 Å². The number of H-pyrrole nitrogens is 1. The van der Waals surface area contributed by atoms with Gasteiger partial charge in [0.1, 0.15) is 17.4 Å². The molecule has 0 radical (unpaired) electrons. The predicted octanol–water partition coefficient (Wildman–Crippen LogP) is 2.21. The van der Waals surface area contributed by atoms with Crippen LogP contribution in [0.3, 0.4) is 0 Å². The van der Waals surface area contributed by atoms with Crippen molar-refractivity contribution in [3.8, 4) is 5.88 Å². The van der Waals surface area contributed by atoms with Crippen molar-refractivity contribution in [3.63, 3.8) is 0 Å². The van der Waals surface area contributed by atoms with Gasteiger partial charge in [0.25, 0.3) is 5.91 Å². The van der Waals surface area contributed by atoms with Crippen LogP contribution in [0.1, 0.15) is 10.4 Å². The number of amides is 1. The Balaban J connectivity index is 1.72. The highest BCUT2D eigenvalue weighted by Crippen LogP contribution is 2.41. The molecule has 0 aliphatic carbocycles. The molecule has 132 valence electrons. The first-order chi connectivity index (χ1) is 12.7. The largest absolute Gasteiger partial charge is 0.470 e. The van der Waals surface area contributed by atoms with Gasteiger partial charge in [0.2, 0.25) is 5.88 Å². The summed E-state index contributed by atoms with van der Waals surface area (Å²) in [6, 6.07) is 11.4. The second-order valence-electron chi connectivity index (χ2n) is 6.67. The molecule has 1 saturated heterocycles. The van der Waals surface area contributed by atoms with E-state index in [9.17, 15) is 4.79 Å². The minimum absolute atomic E-state index is 0.0561. The van der Waals surface area contributed by atoms with Gasteiger partial charge in [0.05, 0.1) is 24.5 Å². The second kappa shape index (κ2) is 5.74. The minimum Gasteiger partial charge on any atom is -0.470 e. The summed E-state index contributed by atoms with van der Waals surface area (Å²) in [5.74, 6) is 0.267. The molecule has 2 aliphatic rings. The van der Waals surface area contributed by atoms with Crippen LogP contribution in [0.5, 0.6) is 5.88 Å². The molecular weight excluding hydrogens is 332 g/mol. The zero-order chi connectivity index (χ0) is 17.7. The third kappa shape index (κ3) is 2.32. The Hall–Kier alpha value is -3.06. The van der Waals surface area contributed by atoms with Gasteiger partial charge in [0.15, 0.2) is 0 Å². The lowest BCUT2D eigenvalue weighted by atomic mass is 10.0. The van der Waals surface area contributed by atoms with E-state index < -0.39 is 5.91 Å². The molecule has 0 unspecified atom stereocenters. The van der Waals surface area contributed by atoms with Gasteiger partial charge in [-0.3, -0.25) is 4.79 Å². The fraction of sp³-hybridized carbons (Fsp3) is 0.263. The lowest BCUT2D eigenvalue weighted by molar-refractivity contribution is 0.100. The molecule has 5 rings (SSSR count). The summed E-state index contributed by atoms with van der Waals surface area (Å²) in [5.41, 5.74) is 8.46. The van der Waals surface area contributed by atoms with Gasteiger partial charge < -0.3 is 25.1 Å². The molecule has 7 heteroatoms.